The van der Waals surface area contributed by atoms with Crippen LogP contribution in [0.15, 0.2) is 54.6 Å². The van der Waals surface area contributed by atoms with Gasteiger partial charge in [-0.1, -0.05) is 42.5 Å². The van der Waals surface area contributed by atoms with Gasteiger partial charge in [-0.3, -0.25) is 4.79 Å². The first-order valence-corrected chi connectivity index (χ1v) is 8.87. The lowest BCUT2D eigenvalue weighted by atomic mass is 9.90. The fourth-order valence-electron chi connectivity index (χ4n) is 3.49. The molecule has 0 spiro atoms. The third-order valence-electron chi connectivity index (χ3n) is 4.91. The largest absolute Gasteiger partial charge is 0.399 e. The van der Waals surface area contributed by atoms with Crippen molar-refractivity contribution >= 4 is 11.6 Å². The zero-order chi connectivity index (χ0) is 16.8. The lowest BCUT2D eigenvalue weighted by Crippen LogP contribution is -2.39. The Morgan fingerprint density at radius 2 is 1.71 bits per heavy atom. The highest BCUT2D eigenvalue weighted by Gasteiger charge is 2.22. The molecule has 24 heavy (non-hydrogen) atoms. The average Bonchev–Trinajstić information content (AvgIpc) is 2.61. The van der Waals surface area contributed by atoms with Gasteiger partial charge in [0.1, 0.15) is 0 Å². The Morgan fingerprint density at radius 1 is 1.00 bits per heavy atom. The maximum Gasteiger partial charge on any atom is 0.222 e. The summed E-state index contributed by atoms with van der Waals surface area (Å²) in [6.07, 6.45) is 4.70. The lowest BCUT2D eigenvalue weighted by Gasteiger charge is -2.32. The number of nitrogens with zero attached hydrogens (tertiary/aromatic N) is 1. The van der Waals surface area contributed by atoms with E-state index < -0.39 is 0 Å². The van der Waals surface area contributed by atoms with Crippen LogP contribution >= 0.6 is 0 Å². The van der Waals surface area contributed by atoms with E-state index in [4.69, 9.17) is 5.73 Å². The van der Waals surface area contributed by atoms with Crippen molar-refractivity contribution in [2.45, 2.75) is 32.1 Å². The van der Waals surface area contributed by atoms with Gasteiger partial charge in [0, 0.05) is 25.2 Å². The number of nitrogens with two attached hydrogens (primary N) is 1. The van der Waals surface area contributed by atoms with E-state index in [-0.39, 0.29) is 5.91 Å². The van der Waals surface area contributed by atoms with E-state index in [1.165, 1.54) is 5.56 Å². The molecule has 1 aliphatic rings. The predicted octanol–water partition coefficient (Wildman–Crippen LogP) is 3.68. The fraction of sp³-hybridized carbons (Fsp3) is 0.381. The molecule has 1 saturated heterocycles. The molecule has 3 nitrogen and oxygen atoms in total. The SMILES string of the molecule is Nc1cccc(CCC(=O)N2CCC(Cc3ccccc3)CC2)c1. The minimum absolute atomic E-state index is 0.274. The van der Waals surface area contributed by atoms with Crippen molar-refractivity contribution in [1.82, 2.24) is 4.90 Å². The van der Waals surface area contributed by atoms with Gasteiger partial charge in [0.25, 0.3) is 0 Å². The van der Waals surface area contributed by atoms with Gasteiger partial charge in [-0.2, -0.15) is 0 Å². The molecule has 0 aliphatic carbocycles. The lowest BCUT2D eigenvalue weighted by molar-refractivity contribution is -0.132. The van der Waals surface area contributed by atoms with Crippen molar-refractivity contribution in [3.05, 3.63) is 65.7 Å². The van der Waals surface area contributed by atoms with E-state index in [0.29, 0.717) is 12.3 Å². The highest BCUT2D eigenvalue weighted by molar-refractivity contribution is 5.76. The van der Waals surface area contributed by atoms with Crippen molar-refractivity contribution in [3.8, 4) is 0 Å². The van der Waals surface area contributed by atoms with E-state index in [1.54, 1.807) is 0 Å². The quantitative estimate of drug-likeness (QED) is 0.854. The third-order valence-corrected chi connectivity index (χ3v) is 4.91. The molecule has 126 valence electrons. The summed E-state index contributed by atoms with van der Waals surface area (Å²) in [5.41, 5.74) is 9.10. The molecule has 0 bridgehead atoms. The van der Waals surface area contributed by atoms with E-state index in [0.717, 1.165) is 50.0 Å². The molecule has 3 heteroatoms. The zero-order valence-electron chi connectivity index (χ0n) is 14.2. The Bertz CT molecular complexity index is 661. The number of benzene rings is 2. The van der Waals surface area contributed by atoms with Crippen LogP contribution < -0.4 is 5.73 Å². The Morgan fingerprint density at radius 3 is 2.42 bits per heavy atom. The number of likely N-dealkylation sites (tertiary alicyclic amines) is 1. The standard InChI is InChI=1S/C21H26N2O/c22-20-8-4-7-18(16-20)9-10-21(24)23-13-11-19(12-14-23)15-17-5-2-1-3-6-17/h1-8,16,19H,9-15,22H2. The van der Waals surface area contributed by atoms with Gasteiger partial charge in [0.15, 0.2) is 0 Å². The molecule has 2 N–H and O–H groups in total. The number of aryl methyl sites for hydroxylation is 1. The molecule has 1 fully saturated rings. The second-order valence-corrected chi connectivity index (χ2v) is 6.76. The minimum atomic E-state index is 0.274. The summed E-state index contributed by atoms with van der Waals surface area (Å²) < 4.78 is 0. The number of piperidine rings is 1. The van der Waals surface area contributed by atoms with Gasteiger partial charge in [-0.25, -0.2) is 0 Å². The number of rotatable bonds is 5. The zero-order valence-corrected chi connectivity index (χ0v) is 14.2. The van der Waals surface area contributed by atoms with Crippen LogP contribution in [-0.4, -0.2) is 23.9 Å². The van der Waals surface area contributed by atoms with E-state index >= 15 is 0 Å². The van der Waals surface area contributed by atoms with Gasteiger partial charge in [0.2, 0.25) is 5.91 Å². The fourth-order valence-corrected chi connectivity index (χ4v) is 3.49. The van der Waals surface area contributed by atoms with Crippen molar-refractivity contribution in [2.75, 3.05) is 18.8 Å². The molecular weight excluding hydrogens is 296 g/mol. The number of amides is 1. The summed E-state index contributed by atoms with van der Waals surface area (Å²) in [4.78, 5) is 14.5. The molecule has 0 aromatic heterocycles. The monoisotopic (exact) mass is 322 g/mol. The van der Waals surface area contributed by atoms with Crippen LogP contribution in [0.1, 0.15) is 30.4 Å². The van der Waals surface area contributed by atoms with Crippen molar-refractivity contribution in [3.63, 3.8) is 0 Å². The first-order valence-electron chi connectivity index (χ1n) is 8.87. The molecule has 2 aromatic rings. The molecule has 0 radical (unpaired) electrons. The van der Waals surface area contributed by atoms with Gasteiger partial charge in [-0.05, 0) is 54.9 Å². The van der Waals surface area contributed by atoms with Crippen LogP contribution in [0.25, 0.3) is 0 Å². The normalized spacial score (nSPS) is 15.4. The summed E-state index contributed by atoms with van der Waals surface area (Å²) in [7, 11) is 0. The number of anilines is 1. The molecule has 1 aliphatic heterocycles. The van der Waals surface area contributed by atoms with Crippen LogP contribution in [-0.2, 0) is 17.6 Å². The summed E-state index contributed by atoms with van der Waals surface area (Å²) >= 11 is 0. The van der Waals surface area contributed by atoms with Gasteiger partial charge < -0.3 is 10.6 Å². The first kappa shape index (κ1) is 16.6. The predicted molar refractivity (Wildman–Crippen MR) is 98.6 cm³/mol. The number of hydrogen-bond acceptors (Lipinski definition) is 2. The molecular formula is C21H26N2O. The van der Waals surface area contributed by atoms with Gasteiger partial charge in [-0.15, -0.1) is 0 Å². The number of carbonyl (C=O) groups is 1. The molecule has 2 aromatic carbocycles. The highest BCUT2D eigenvalue weighted by atomic mass is 16.2. The van der Waals surface area contributed by atoms with E-state index in [1.807, 2.05) is 29.2 Å². The Labute approximate surface area is 144 Å². The molecule has 3 rings (SSSR count). The Kier molecular flexibility index (Phi) is 5.52. The Balaban J connectivity index is 1.43. The average molecular weight is 322 g/mol. The van der Waals surface area contributed by atoms with Crippen LogP contribution in [0.4, 0.5) is 5.69 Å². The summed E-state index contributed by atoms with van der Waals surface area (Å²) in [6.45, 7) is 1.79. The maximum absolute atomic E-state index is 12.4. The van der Waals surface area contributed by atoms with Crippen LogP contribution in [0, 0.1) is 5.92 Å². The van der Waals surface area contributed by atoms with Gasteiger partial charge in [0.05, 0.1) is 0 Å². The smallest absolute Gasteiger partial charge is 0.222 e. The van der Waals surface area contributed by atoms with Crippen molar-refractivity contribution < 1.29 is 4.79 Å². The summed E-state index contributed by atoms with van der Waals surface area (Å²) in [6, 6.07) is 18.5. The highest BCUT2D eigenvalue weighted by Crippen LogP contribution is 2.22. The number of nitrogen functional groups attached to an aromatic ring is 1. The van der Waals surface area contributed by atoms with Crippen molar-refractivity contribution in [2.24, 2.45) is 5.92 Å². The molecule has 0 saturated carbocycles. The number of hydrogen-bond donors (Lipinski definition) is 1. The second-order valence-electron chi connectivity index (χ2n) is 6.76. The molecule has 1 amide bonds. The number of carbonyl (C=O) groups excluding carboxylic acids is 1. The van der Waals surface area contributed by atoms with Crippen LogP contribution in [0.2, 0.25) is 0 Å². The molecule has 0 unspecified atom stereocenters. The van der Waals surface area contributed by atoms with E-state index in [2.05, 4.69) is 30.3 Å². The van der Waals surface area contributed by atoms with Gasteiger partial charge >= 0.3 is 0 Å². The first-order chi connectivity index (χ1) is 11.7. The van der Waals surface area contributed by atoms with Crippen LogP contribution in [0.5, 0.6) is 0 Å². The second kappa shape index (κ2) is 8.00. The van der Waals surface area contributed by atoms with Crippen LogP contribution in [0.3, 0.4) is 0 Å². The summed E-state index contributed by atoms with van der Waals surface area (Å²) in [5, 5.41) is 0. The van der Waals surface area contributed by atoms with Crippen molar-refractivity contribution in [1.29, 1.82) is 0 Å². The molecule has 1 heterocycles. The Hall–Kier alpha value is -2.29. The minimum Gasteiger partial charge on any atom is -0.399 e. The molecule has 0 atom stereocenters. The maximum atomic E-state index is 12.4. The van der Waals surface area contributed by atoms with E-state index in [9.17, 15) is 4.79 Å². The topological polar surface area (TPSA) is 46.3 Å². The third kappa shape index (κ3) is 4.60. The summed E-state index contributed by atoms with van der Waals surface area (Å²) in [5.74, 6) is 0.973.